The van der Waals surface area contributed by atoms with Crippen molar-refractivity contribution in [1.82, 2.24) is 4.98 Å². The van der Waals surface area contributed by atoms with E-state index in [1.54, 1.807) is 6.07 Å². The van der Waals surface area contributed by atoms with Gasteiger partial charge in [0, 0.05) is 5.69 Å². The summed E-state index contributed by atoms with van der Waals surface area (Å²) in [5, 5.41) is 3.14. The summed E-state index contributed by atoms with van der Waals surface area (Å²) < 4.78 is 4.68. The van der Waals surface area contributed by atoms with Crippen molar-refractivity contribution in [3.8, 4) is 0 Å². The van der Waals surface area contributed by atoms with Crippen LogP contribution in [-0.2, 0) is 4.74 Å². The summed E-state index contributed by atoms with van der Waals surface area (Å²) in [4.78, 5) is 15.7. The van der Waals surface area contributed by atoms with Crippen LogP contribution in [0.3, 0.4) is 0 Å². The summed E-state index contributed by atoms with van der Waals surface area (Å²) in [6.45, 7) is 4.09. The van der Waals surface area contributed by atoms with Crippen molar-refractivity contribution >= 4 is 23.2 Å². The van der Waals surface area contributed by atoms with Crippen LogP contribution in [0.25, 0.3) is 0 Å². The Morgan fingerprint density at radius 1 is 1.25 bits per heavy atom. The Hall–Kier alpha value is -2.56. The number of benzene rings is 1. The topological polar surface area (TPSA) is 77.2 Å². The molecule has 0 aliphatic heterocycles. The fourth-order valence-electron chi connectivity index (χ4n) is 1.79. The maximum absolute atomic E-state index is 11.6. The lowest BCUT2D eigenvalue weighted by Crippen LogP contribution is -2.07. The van der Waals surface area contributed by atoms with Crippen LogP contribution in [0.2, 0.25) is 0 Å². The van der Waals surface area contributed by atoms with E-state index >= 15 is 0 Å². The molecule has 104 valence electrons. The number of hydrogen-bond acceptors (Lipinski definition) is 5. The molecule has 0 saturated carbocycles. The first kappa shape index (κ1) is 13.9. The number of pyridine rings is 1. The molecule has 0 aliphatic rings. The van der Waals surface area contributed by atoms with Crippen molar-refractivity contribution in [2.45, 2.75) is 13.8 Å². The number of carbonyl (C=O) groups is 1. The van der Waals surface area contributed by atoms with Crippen LogP contribution in [0, 0.1) is 13.8 Å². The number of nitrogens with two attached hydrogens (primary N) is 1. The fourth-order valence-corrected chi connectivity index (χ4v) is 1.79. The molecule has 1 heterocycles. The van der Waals surface area contributed by atoms with E-state index in [0.29, 0.717) is 17.1 Å². The predicted octanol–water partition coefficient (Wildman–Crippen LogP) is 2.81. The zero-order valence-electron chi connectivity index (χ0n) is 11.7. The Balaban J connectivity index is 2.29. The molecule has 0 spiro atoms. The Labute approximate surface area is 117 Å². The lowest BCUT2D eigenvalue weighted by molar-refractivity contribution is 0.0602. The number of rotatable bonds is 3. The van der Waals surface area contributed by atoms with Crippen molar-refractivity contribution < 1.29 is 9.53 Å². The zero-order chi connectivity index (χ0) is 14.7. The molecule has 0 amide bonds. The molecular weight excluding hydrogens is 254 g/mol. The molecule has 0 saturated heterocycles. The number of hydrogen-bond donors (Lipinski definition) is 2. The van der Waals surface area contributed by atoms with Crippen molar-refractivity contribution in [2.24, 2.45) is 0 Å². The maximum atomic E-state index is 11.6. The zero-order valence-corrected chi connectivity index (χ0v) is 11.7. The normalized spacial score (nSPS) is 10.2. The molecule has 0 radical (unpaired) electrons. The highest BCUT2D eigenvalue weighted by atomic mass is 16.5. The van der Waals surface area contributed by atoms with E-state index in [-0.39, 0.29) is 0 Å². The Bertz CT molecular complexity index is 654. The van der Waals surface area contributed by atoms with Gasteiger partial charge in [0.15, 0.2) is 0 Å². The summed E-state index contributed by atoms with van der Waals surface area (Å²) in [6, 6.07) is 7.58. The van der Waals surface area contributed by atoms with Crippen molar-refractivity contribution in [2.75, 3.05) is 18.2 Å². The van der Waals surface area contributed by atoms with Crippen LogP contribution in [0.4, 0.5) is 17.2 Å². The third-order valence-corrected chi connectivity index (χ3v) is 3.12. The smallest absolute Gasteiger partial charge is 0.340 e. The van der Waals surface area contributed by atoms with Crippen LogP contribution < -0.4 is 11.1 Å². The van der Waals surface area contributed by atoms with Gasteiger partial charge < -0.3 is 15.8 Å². The molecule has 0 unspecified atom stereocenters. The number of anilines is 3. The van der Waals surface area contributed by atoms with Gasteiger partial charge in [-0.05, 0) is 43.2 Å². The van der Waals surface area contributed by atoms with Crippen molar-refractivity contribution in [3.05, 3.63) is 47.2 Å². The Morgan fingerprint density at radius 2 is 2.00 bits per heavy atom. The van der Waals surface area contributed by atoms with Gasteiger partial charge in [0.1, 0.15) is 5.82 Å². The molecular formula is C15H17N3O2. The average Bonchev–Trinajstić information content (AvgIpc) is 2.44. The minimum absolute atomic E-state index is 0.294. The molecule has 1 aromatic heterocycles. The Kier molecular flexibility index (Phi) is 3.89. The summed E-state index contributed by atoms with van der Waals surface area (Å²) in [5.74, 6) is 0.0656. The molecule has 20 heavy (non-hydrogen) atoms. The quantitative estimate of drug-likeness (QED) is 0.839. The number of methoxy groups -OCH3 is 1. The van der Waals surface area contributed by atoms with Gasteiger partial charge in [-0.3, -0.25) is 0 Å². The highest BCUT2D eigenvalue weighted by molar-refractivity contribution is 5.95. The molecule has 3 N–H and O–H groups in total. The molecule has 2 rings (SSSR count). The third kappa shape index (κ3) is 2.88. The molecule has 1 aromatic carbocycles. The second kappa shape index (κ2) is 5.61. The standard InChI is InChI=1S/C15H17N3O2/c1-9-4-5-11(6-10(9)2)18-14-7-12(15(19)20-3)13(16)8-17-14/h4-8H,16H2,1-3H3,(H,17,18). The van der Waals surface area contributed by atoms with Gasteiger partial charge in [-0.15, -0.1) is 0 Å². The van der Waals surface area contributed by atoms with E-state index in [2.05, 4.69) is 22.0 Å². The van der Waals surface area contributed by atoms with Gasteiger partial charge in [-0.2, -0.15) is 0 Å². The minimum Gasteiger partial charge on any atom is -0.465 e. The molecule has 5 heteroatoms. The number of carbonyl (C=O) groups excluding carboxylic acids is 1. The molecule has 0 atom stereocenters. The van der Waals surface area contributed by atoms with Crippen molar-refractivity contribution in [1.29, 1.82) is 0 Å². The number of aryl methyl sites for hydroxylation is 2. The average molecular weight is 271 g/mol. The second-order valence-corrected chi connectivity index (χ2v) is 4.57. The minimum atomic E-state index is -0.479. The molecule has 2 aromatic rings. The Morgan fingerprint density at radius 3 is 2.65 bits per heavy atom. The van der Waals surface area contributed by atoms with E-state index in [1.807, 2.05) is 25.1 Å². The van der Waals surface area contributed by atoms with E-state index < -0.39 is 5.97 Å². The second-order valence-electron chi connectivity index (χ2n) is 4.57. The lowest BCUT2D eigenvalue weighted by Gasteiger charge is -2.10. The van der Waals surface area contributed by atoms with Crippen LogP contribution in [-0.4, -0.2) is 18.1 Å². The van der Waals surface area contributed by atoms with E-state index in [4.69, 9.17) is 5.73 Å². The molecule has 0 aliphatic carbocycles. The van der Waals surface area contributed by atoms with Crippen LogP contribution in [0.5, 0.6) is 0 Å². The molecule has 0 fully saturated rings. The molecule has 0 bridgehead atoms. The highest BCUT2D eigenvalue weighted by Crippen LogP contribution is 2.21. The van der Waals surface area contributed by atoms with Crippen LogP contribution in [0.1, 0.15) is 21.5 Å². The lowest BCUT2D eigenvalue weighted by atomic mass is 10.1. The SMILES string of the molecule is COC(=O)c1cc(Nc2ccc(C)c(C)c2)ncc1N. The van der Waals surface area contributed by atoms with Crippen molar-refractivity contribution in [3.63, 3.8) is 0 Å². The van der Waals surface area contributed by atoms with Gasteiger partial charge in [0.2, 0.25) is 0 Å². The monoisotopic (exact) mass is 271 g/mol. The largest absolute Gasteiger partial charge is 0.465 e. The fraction of sp³-hybridized carbons (Fsp3) is 0.200. The maximum Gasteiger partial charge on any atom is 0.340 e. The van der Waals surface area contributed by atoms with Gasteiger partial charge >= 0.3 is 5.97 Å². The molecule has 5 nitrogen and oxygen atoms in total. The third-order valence-electron chi connectivity index (χ3n) is 3.12. The number of nitrogen functional groups attached to an aromatic ring is 1. The number of aromatic nitrogens is 1. The number of nitrogens with zero attached hydrogens (tertiary/aromatic N) is 1. The van der Waals surface area contributed by atoms with Crippen LogP contribution >= 0.6 is 0 Å². The first-order chi connectivity index (χ1) is 9.51. The first-order valence-corrected chi connectivity index (χ1v) is 6.19. The van der Waals surface area contributed by atoms with Gasteiger partial charge in [0.05, 0.1) is 24.6 Å². The first-order valence-electron chi connectivity index (χ1n) is 6.19. The summed E-state index contributed by atoms with van der Waals surface area (Å²) in [5.41, 5.74) is 9.61. The van der Waals surface area contributed by atoms with E-state index in [9.17, 15) is 4.79 Å². The predicted molar refractivity (Wildman–Crippen MR) is 79.2 cm³/mol. The summed E-state index contributed by atoms with van der Waals surface area (Å²) in [6.07, 6.45) is 1.44. The van der Waals surface area contributed by atoms with Gasteiger partial charge in [0.25, 0.3) is 0 Å². The van der Waals surface area contributed by atoms with Gasteiger partial charge in [-0.1, -0.05) is 6.07 Å². The van der Waals surface area contributed by atoms with Gasteiger partial charge in [-0.25, -0.2) is 9.78 Å². The highest BCUT2D eigenvalue weighted by Gasteiger charge is 2.11. The number of esters is 1. The number of nitrogens with one attached hydrogen (secondary N) is 1. The summed E-state index contributed by atoms with van der Waals surface area (Å²) in [7, 11) is 1.32. The summed E-state index contributed by atoms with van der Waals surface area (Å²) >= 11 is 0. The number of ether oxygens (including phenoxy) is 1. The van der Waals surface area contributed by atoms with Crippen LogP contribution in [0.15, 0.2) is 30.5 Å². The van der Waals surface area contributed by atoms with E-state index in [0.717, 1.165) is 5.69 Å². The van der Waals surface area contributed by atoms with E-state index in [1.165, 1.54) is 24.4 Å².